The number of nitrogens with zero attached hydrogens (tertiary/aromatic N) is 1. The van der Waals surface area contributed by atoms with Crippen LogP contribution in [0.5, 0.6) is 5.75 Å². The third-order valence-electron chi connectivity index (χ3n) is 2.43. The van der Waals surface area contributed by atoms with E-state index in [1.54, 1.807) is 4.90 Å². The highest BCUT2D eigenvalue weighted by molar-refractivity contribution is 9.09. The third-order valence-corrected chi connectivity index (χ3v) is 2.78. The van der Waals surface area contributed by atoms with Crippen LogP contribution in [0.4, 0.5) is 8.78 Å². The lowest BCUT2D eigenvalue weighted by Gasteiger charge is -2.20. The van der Waals surface area contributed by atoms with Gasteiger partial charge in [-0.05, 0) is 18.6 Å². The third kappa shape index (κ3) is 6.91. The predicted octanol–water partition coefficient (Wildman–Crippen LogP) is 3.42. The van der Waals surface area contributed by atoms with Crippen molar-refractivity contribution >= 4 is 15.9 Å². The number of alkyl halides is 3. The first-order valence-corrected chi connectivity index (χ1v) is 7.09. The normalized spacial score (nSPS) is 11.2. The molecule has 0 aliphatic heterocycles. The van der Waals surface area contributed by atoms with E-state index in [1.165, 1.54) is 0 Å². The largest absolute Gasteiger partial charge is 0.494 e. The predicted molar refractivity (Wildman–Crippen MR) is 72.8 cm³/mol. The highest BCUT2D eigenvalue weighted by Gasteiger charge is 2.10. The standard InChI is InChI=1S/C13H18BrF2NO/c14-7-9-17(11-13(15)16)8-4-10-18-12-5-2-1-3-6-12/h1-3,5-6,13H,4,7-11H2. The fraction of sp³-hybridized carbons (Fsp3) is 0.538. The van der Waals surface area contributed by atoms with Crippen molar-refractivity contribution in [1.29, 1.82) is 0 Å². The van der Waals surface area contributed by atoms with Crippen molar-refractivity contribution in [3.05, 3.63) is 30.3 Å². The minimum atomic E-state index is -2.28. The summed E-state index contributed by atoms with van der Waals surface area (Å²) >= 11 is 3.27. The molecule has 18 heavy (non-hydrogen) atoms. The number of hydrogen-bond acceptors (Lipinski definition) is 2. The van der Waals surface area contributed by atoms with Crippen molar-refractivity contribution in [1.82, 2.24) is 4.90 Å². The lowest BCUT2D eigenvalue weighted by atomic mass is 10.3. The fourth-order valence-corrected chi connectivity index (χ4v) is 2.11. The Hall–Kier alpha value is -0.680. The molecule has 5 heteroatoms. The monoisotopic (exact) mass is 321 g/mol. The molecule has 0 fully saturated rings. The summed E-state index contributed by atoms with van der Waals surface area (Å²) in [5.41, 5.74) is 0. The highest BCUT2D eigenvalue weighted by atomic mass is 79.9. The van der Waals surface area contributed by atoms with E-state index in [-0.39, 0.29) is 6.54 Å². The van der Waals surface area contributed by atoms with Crippen LogP contribution in [0.3, 0.4) is 0 Å². The van der Waals surface area contributed by atoms with Gasteiger partial charge in [-0.25, -0.2) is 8.78 Å². The van der Waals surface area contributed by atoms with E-state index >= 15 is 0 Å². The first-order chi connectivity index (χ1) is 8.72. The van der Waals surface area contributed by atoms with Crippen LogP contribution in [0.1, 0.15) is 6.42 Å². The SMILES string of the molecule is FC(F)CN(CCBr)CCCOc1ccccc1. The Balaban J connectivity index is 2.18. The maximum atomic E-state index is 12.3. The van der Waals surface area contributed by atoms with E-state index in [9.17, 15) is 8.78 Å². The lowest BCUT2D eigenvalue weighted by molar-refractivity contribution is 0.0885. The molecule has 0 unspecified atom stereocenters. The van der Waals surface area contributed by atoms with Gasteiger partial charge in [-0.2, -0.15) is 0 Å². The first kappa shape index (κ1) is 15.4. The van der Waals surface area contributed by atoms with Crippen molar-refractivity contribution in [2.45, 2.75) is 12.8 Å². The molecule has 1 rings (SSSR count). The smallest absolute Gasteiger partial charge is 0.251 e. The molecule has 1 aromatic rings. The van der Waals surface area contributed by atoms with Crippen LogP contribution in [0, 0.1) is 0 Å². The van der Waals surface area contributed by atoms with Gasteiger partial charge in [-0.15, -0.1) is 0 Å². The zero-order valence-corrected chi connectivity index (χ0v) is 11.8. The maximum absolute atomic E-state index is 12.3. The molecular formula is C13H18BrF2NO. The molecule has 0 saturated carbocycles. The van der Waals surface area contributed by atoms with Crippen molar-refractivity contribution in [2.24, 2.45) is 0 Å². The van der Waals surface area contributed by atoms with Crippen molar-refractivity contribution < 1.29 is 13.5 Å². The molecule has 0 amide bonds. The van der Waals surface area contributed by atoms with E-state index in [1.807, 2.05) is 30.3 Å². The summed E-state index contributed by atoms with van der Waals surface area (Å²) in [5, 5.41) is 0.708. The van der Waals surface area contributed by atoms with Gasteiger partial charge in [0, 0.05) is 18.4 Å². The van der Waals surface area contributed by atoms with Gasteiger partial charge in [-0.1, -0.05) is 34.1 Å². The molecule has 0 saturated heterocycles. The van der Waals surface area contributed by atoms with Gasteiger partial charge in [0.1, 0.15) is 5.75 Å². The molecule has 0 heterocycles. The number of benzene rings is 1. The van der Waals surface area contributed by atoms with E-state index in [2.05, 4.69) is 15.9 Å². The van der Waals surface area contributed by atoms with Crippen molar-refractivity contribution in [3.8, 4) is 5.75 Å². The van der Waals surface area contributed by atoms with Crippen LogP contribution in [-0.4, -0.2) is 42.9 Å². The minimum absolute atomic E-state index is 0.170. The Kier molecular flexibility index (Phi) is 7.93. The van der Waals surface area contributed by atoms with Crippen LogP contribution in [0.15, 0.2) is 30.3 Å². The Morgan fingerprint density at radius 1 is 1.17 bits per heavy atom. The molecule has 0 aliphatic carbocycles. The molecule has 0 aromatic heterocycles. The van der Waals surface area contributed by atoms with Gasteiger partial charge >= 0.3 is 0 Å². The first-order valence-electron chi connectivity index (χ1n) is 5.96. The van der Waals surface area contributed by atoms with E-state index in [4.69, 9.17) is 4.74 Å². The van der Waals surface area contributed by atoms with Gasteiger partial charge in [0.05, 0.1) is 13.2 Å². The molecule has 0 atom stereocenters. The van der Waals surface area contributed by atoms with Crippen LogP contribution in [0.25, 0.3) is 0 Å². The topological polar surface area (TPSA) is 12.5 Å². The molecule has 1 aromatic carbocycles. The molecule has 2 nitrogen and oxygen atoms in total. The quantitative estimate of drug-likeness (QED) is 0.510. The summed E-state index contributed by atoms with van der Waals surface area (Å²) < 4.78 is 30.1. The zero-order chi connectivity index (χ0) is 13.2. The van der Waals surface area contributed by atoms with Crippen LogP contribution < -0.4 is 4.74 Å². The van der Waals surface area contributed by atoms with Gasteiger partial charge in [0.2, 0.25) is 0 Å². The summed E-state index contributed by atoms with van der Waals surface area (Å²) in [7, 11) is 0. The number of para-hydroxylation sites is 1. The van der Waals surface area contributed by atoms with Crippen LogP contribution >= 0.6 is 15.9 Å². The molecule has 102 valence electrons. The Labute approximate surface area is 115 Å². The Morgan fingerprint density at radius 2 is 1.89 bits per heavy atom. The lowest BCUT2D eigenvalue weighted by Crippen LogP contribution is -2.32. The summed E-state index contributed by atoms with van der Waals surface area (Å²) in [6.45, 7) is 1.64. The number of ether oxygens (including phenoxy) is 1. The van der Waals surface area contributed by atoms with E-state index < -0.39 is 6.43 Å². The van der Waals surface area contributed by atoms with Gasteiger partial charge < -0.3 is 4.74 Å². The Bertz CT molecular complexity index is 311. The van der Waals surface area contributed by atoms with Crippen LogP contribution in [0.2, 0.25) is 0 Å². The summed E-state index contributed by atoms with van der Waals surface area (Å²) in [5.74, 6) is 0.818. The average molecular weight is 322 g/mol. The summed E-state index contributed by atoms with van der Waals surface area (Å²) in [4.78, 5) is 1.74. The zero-order valence-electron chi connectivity index (χ0n) is 10.2. The molecular weight excluding hydrogens is 304 g/mol. The van der Waals surface area contributed by atoms with E-state index in [0.29, 0.717) is 25.0 Å². The second-order valence-electron chi connectivity index (χ2n) is 3.90. The highest BCUT2D eigenvalue weighted by Crippen LogP contribution is 2.08. The van der Waals surface area contributed by atoms with Crippen LogP contribution in [-0.2, 0) is 0 Å². The van der Waals surface area contributed by atoms with Crippen molar-refractivity contribution in [3.63, 3.8) is 0 Å². The number of rotatable bonds is 9. The van der Waals surface area contributed by atoms with E-state index in [0.717, 1.165) is 12.2 Å². The Morgan fingerprint density at radius 3 is 2.50 bits per heavy atom. The van der Waals surface area contributed by atoms with Crippen molar-refractivity contribution in [2.75, 3.05) is 31.6 Å². The molecule has 0 radical (unpaired) electrons. The number of halogens is 3. The summed E-state index contributed by atoms with van der Waals surface area (Å²) in [6, 6.07) is 9.50. The minimum Gasteiger partial charge on any atom is -0.494 e. The van der Waals surface area contributed by atoms with Gasteiger partial charge in [0.15, 0.2) is 0 Å². The summed E-state index contributed by atoms with van der Waals surface area (Å²) in [6.07, 6.45) is -1.53. The molecule has 0 spiro atoms. The average Bonchev–Trinajstić information content (AvgIpc) is 2.35. The fourth-order valence-electron chi connectivity index (χ4n) is 1.60. The van der Waals surface area contributed by atoms with Gasteiger partial charge in [0.25, 0.3) is 6.43 Å². The molecule has 0 N–H and O–H groups in total. The number of hydrogen-bond donors (Lipinski definition) is 0. The molecule has 0 bridgehead atoms. The maximum Gasteiger partial charge on any atom is 0.251 e. The second-order valence-corrected chi connectivity index (χ2v) is 4.69. The molecule has 0 aliphatic rings. The van der Waals surface area contributed by atoms with Gasteiger partial charge in [-0.3, -0.25) is 4.90 Å². The second kappa shape index (κ2) is 9.28.